The molecule has 0 heterocycles. The standard InChI is InChI=1S/C12H20NO2P/c1-4-16(14,5-2)15-12-8-6-11(7-9-12)10-13-3/h6-9,13H,4-5,10H2,1-3H3. The van der Waals surface area contributed by atoms with E-state index in [0.29, 0.717) is 18.1 Å². The predicted octanol–water partition coefficient (Wildman–Crippen LogP) is 3.10. The van der Waals surface area contributed by atoms with E-state index in [2.05, 4.69) is 5.32 Å². The van der Waals surface area contributed by atoms with Crippen LogP contribution in [0, 0.1) is 0 Å². The van der Waals surface area contributed by atoms with Crippen LogP contribution in [-0.4, -0.2) is 19.4 Å². The molecule has 1 rings (SSSR count). The SMILES string of the molecule is CCP(=O)(CC)Oc1ccc(CNC)cc1. The molecule has 0 bridgehead atoms. The Morgan fingerprint density at radius 1 is 1.19 bits per heavy atom. The Hall–Kier alpha value is -0.790. The molecule has 3 nitrogen and oxygen atoms in total. The second-order valence-corrected chi connectivity index (χ2v) is 6.79. The summed E-state index contributed by atoms with van der Waals surface area (Å²) < 4.78 is 17.7. The highest BCUT2D eigenvalue weighted by molar-refractivity contribution is 7.59. The van der Waals surface area contributed by atoms with Crippen molar-refractivity contribution in [2.45, 2.75) is 20.4 Å². The van der Waals surface area contributed by atoms with Crippen molar-refractivity contribution in [2.75, 3.05) is 19.4 Å². The highest BCUT2D eigenvalue weighted by Gasteiger charge is 2.18. The predicted molar refractivity (Wildman–Crippen MR) is 68.5 cm³/mol. The lowest BCUT2D eigenvalue weighted by atomic mass is 10.2. The van der Waals surface area contributed by atoms with Gasteiger partial charge in [-0.05, 0) is 24.7 Å². The number of hydrogen-bond donors (Lipinski definition) is 1. The van der Waals surface area contributed by atoms with Gasteiger partial charge < -0.3 is 9.84 Å². The van der Waals surface area contributed by atoms with Gasteiger partial charge in [0.05, 0.1) is 0 Å². The van der Waals surface area contributed by atoms with E-state index in [-0.39, 0.29) is 0 Å². The first-order valence-electron chi connectivity index (χ1n) is 5.64. The van der Waals surface area contributed by atoms with E-state index < -0.39 is 7.37 Å². The molecule has 0 aromatic heterocycles. The van der Waals surface area contributed by atoms with E-state index in [4.69, 9.17) is 4.52 Å². The molecule has 1 aromatic rings. The van der Waals surface area contributed by atoms with Crippen molar-refractivity contribution in [2.24, 2.45) is 0 Å². The minimum atomic E-state index is -2.45. The smallest absolute Gasteiger partial charge is 0.247 e. The van der Waals surface area contributed by atoms with Gasteiger partial charge in [-0.2, -0.15) is 0 Å². The molecule has 1 aromatic carbocycles. The third kappa shape index (κ3) is 3.66. The first-order valence-corrected chi connectivity index (χ1v) is 7.64. The van der Waals surface area contributed by atoms with Gasteiger partial charge in [-0.3, -0.25) is 4.57 Å². The zero-order chi connectivity index (χ0) is 12.0. The Morgan fingerprint density at radius 3 is 2.19 bits per heavy atom. The molecule has 0 saturated carbocycles. The molecular formula is C12H20NO2P. The summed E-state index contributed by atoms with van der Waals surface area (Å²) in [7, 11) is -0.540. The monoisotopic (exact) mass is 241 g/mol. The van der Waals surface area contributed by atoms with E-state index in [1.54, 1.807) is 0 Å². The molecule has 0 saturated heterocycles. The van der Waals surface area contributed by atoms with Gasteiger partial charge in [0.15, 0.2) is 0 Å². The highest BCUT2D eigenvalue weighted by Crippen LogP contribution is 2.45. The molecule has 0 amide bonds. The van der Waals surface area contributed by atoms with Crippen LogP contribution in [0.25, 0.3) is 0 Å². The minimum Gasteiger partial charge on any atom is -0.443 e. The van der Waals surface area contributed by atoms with Gasteiger partial charge in [0.25, 0.3) is 0 Å². The first kappa shape index (κ1) is 13.3. The summed E-state index contributed by atoms with van der Waals surface area (Å²) in [4.78, 5) is 0. The molecule has 0 radical (unpaired) electrons. The fraction of sp³-hybridized carbons (Fsp3) is 0.500. The summed E-state index contributed by atoms with van der Waals surface area (Å²) in [6.07, 6.45) is 1.17. The largest absolute Gasteiger partial charge is 0.443 e. The van der Waals surface area contributed by atoms with Gasteiger partial charge >= 0.3 is 0 Å². The van der Waals surface area contributed by atoms with Gasteiger partial charge in [-0.25, -0.2) is 0 Å². The summed E-state index contributed by atoms with van der Waals surface area (Å²) >= 11 is 0. The molecule has 0 fully saturated rings. The van der Waals surface area contributed by atoms with Crippen LogP contribution in [0.1, 0.15) is 19.4 Å². The molecule has 0 aliphatic rings. The quantitative estimate of drug-likeness (QED) is 0.778. The van der Waals surface area contributed by atoms with Gasteiger partial charge in [-0.1, -0.05) is 26.0 Å². The van der Waals surface area contributed by atoms with E-state index in [0.717, 1.165) is 6.54 Å². The summed E-state index contributed by atoms with van der Waals surface area (Å²) in [6.45, 7) is 4.64. The molecule has 0 atom stereocenters. The Morgan fingerprint density at radius 2 is 1.75 bits per heavy atom. The van der Waals surface area contributed by atoms with Crippen LogP contribution in [0.4, 0.5) is 0 Å². The fourth-order valence-corrected chi connectivity index (χ4v) is 2.63. The van der Waals surface area contributed by atoms with Crippen molar-refractivity contribution in [3.05, 3.63) is 29.8 Å². The van der Waals surface area contributed by atoms with Crippen molar-refractivity contribution < 1.29 is 9.09 Å². The van der Waals surface area contributed by atoms with Crippen LogP contribution in [0.5, 0.6) is 5.75 Å². The number of rotatable bonds is 6. The maximum absolute atomic E-state index is 12.1. The van der Waals surface area contributed by atoms with Crippen LogP contribution in [0.2, 0.25) is 0 Å². The summed E-state index contributed by atoms with van der Waals surface area (Å²) in [6, 6.07) is 7.73. The third-order valence-electron chi connectivity index (χ3n) is 2.54. The first-order chi connectivity index (χ1) is 7.63. The second-order valence-electron chi connectivity index (χ2n) is 3.71. The molecule has 0 aliphatic carbocycles. The average Bonchev–Trinajstić information content (AvgIpc) is 2.32. The van der Waals surface area contributed by atoms with Crippen LogP contribution in [0.3, 0.4) is 0 Å². The van der Waals surface area contributed by atoms with Crippen molar-refractivity contribution >= 4 is 7.37 Å². The average molecular weight is 241 g/mol. The van der Waals surface area contributed by atoms with Crippen LogP contribution in [0.15, 0.2) is 24.3 Å². The molecule has 4 heteroatoms. The molecule has 90 valence electrons. The van der Waals surface area contributed by atoms with Gasteiger partial charge in [0.2, 0.25) is 7.37 Å². The zero-order valence-electron chi connectivity index (χ0n) is 10.2. The Labute approximate surface area is 97.7 Å². The van der Waals surface area contributed by atoms with Gasteiger partial charge in [0, 0.05) is 18.9 Å². The Balaban J connectivity index is 2.71. The van der Waals surface area contributed by atoms with Crippen molar-refractivity contribution in [1.29, 1.82) is 0 Å². The summed E-state index contributed by atoms with van der Waals surface area (Å²) in [5.74, 6) is 0.701. The third-order valence-corrected chi connectivity index (χ3v) is 5.01. The van der Waals surface area contributed by atoms with E-state index >= 15 is 0 Å². The lowest BCUT2D eigenvalue weighted by Crippen LogP contribution is -2.04. The number of nitrogens with one attached hydrogen (secondary N) is 1. The fourth-order valence-electron chi connectivity index (χ4n) is 1.42. The molecule has 0 aliphatic heterocycles. The maximum atomic E-state index is 12.1. The summed E-state index contributed by atoms with van der Waals surface area (Å²) in [5.41, 5.74) is 1.19. The second kappa shape index (κ2) is 6.07. The number of hydrogen-bond acceptors (Lipinski definition) is 3. The van der Waals surface area contributed by atoms with E-state index in [1.165, 1.54) is 5.56 Å². The van der Waals surface area contributed by atoms with E-state index in [1.807, 2.05) is 45.2 Å². The van der Waals surface area contributed by atoms with Crippen molar-refractivity contribution in [1.82, 2.24) is 5.32 Å². The molecular weight excluding hydrogens is 221 g/mol. The molecule has 0 unspecified atom stereocenters. The highest BCUT2D eigenvalue weighted by atomic mass is 31.2. The molecule has 1 N–H and O–H groups in total. The van der Waals surface area contributed by atoms with E-state index in [9.17, 15) is 4.57 Å². The normalized spacial score (nSPS) is 11.4. The van der Waals surface area contributed by atoms with Crippen LogP contribution < -0.4 is 9.84 Å². The lowest BCUT2D eigenvalue weighted by molar-refractivity contribution is 0.483. The Kier molecular flexibility index (Phi) is 5.04. The molecule has 16 heavy (non-hydrogen) atoms. The van der Waals surface area contributed by atoms with Crippen LogP contribution >= 0.6 is 7.37 Å². The summed E-state index contributed by atoms with van der Waals surface area (Å²) in [5, 5.41) is 3.08. The van der Waals surface area contributed by atoms with Crippen LogP contribution in [-0.2, 0) is 11.1 Å². The molecule has 0 spiro atoms. The topological polar surface area (TPSA) is 38.3 Å². The van der Waals surface area contributed by atoms with Crippen molar-refractivity contribution in [3.63, 3.8) is 0 Å². The minimum absolute atomic E-state index is 0.585. The number of benzene rings is 1. The Bertz CT molecular complexity index is 354. The van der Waals surface area contributed by atoms with Gasteiger partial charge in [-0.15, -0.1) is 0 Å². The van der Waals surface area contributed by atoms with Crippen molar-refractivity contribution in [3.8, 4) is 5.75 Å². The zero-order valence-corrected chi connectivity index (χ0v) is 11.1. The van der Waals surface area contributed by atoms with Gasteiger partial charge in [0.1, 0.15) is 5.75 Å². The lowest BCUT2D eigenvalue weighted by Gasteiger charge is -2.16. The maximum Gasteiger partial charge on any atom is 0.247 e.